The molecule has 1 unspecified atom stereocenters. The van der Waals surface area contributed by atoms with Gasteiger partial charge in [0.25, 0.3) is 0 Å². The van der Waals surface area contributed by atoms with Gasteiger partial charge in [-0.25, -0.2) is 0 Å². The Hall–Kier alpha value is -0.350. The van der Waals surface area contributed by atoms with Gasteiger partial charge in [-0.1, -0.05) is 45.7 Å². The van der Waals surface area contributed by atoms with Crippen LogP contribution in [-0.4, -0.2) is 7.05 Å². The molecular formula is C16H16Br2ClN. The molecule has 0 fully saturated rings. The van der Waals surface area contributed by atoms with Crippen molar-refractivity contribution < 1.29 is 0 Å². The number of aryl methyl sites for hydroxylation is 2. The molecule has 0 amide bonds. The molecule has 1 nitrogen and oxygen atoms in total. The molecule has 2 aromatic rings. The third kappa shape index (κ3) is 3.11. The largest absolute Gasteiger partial charge is 0.309 e. The van der Waals surface area contributed by atoms with E-state index in [2.05, 4.69) is 69.2 Å². The zero-order valence-electron chi connectivity index (χ0n) is 11.6. The Morgan fingerprint density at radius 1 is 1.00 bits per heavy atom. The molecule has 2 aromatic carbocycles. The van der Waals surface area contributed by atoms with E-state index < -0.39 is 0 Å². The lowest BCUT2D eigenvalue weighted by Crippen LogP contribution is -2.19. The molecule has 0 bridgehead atoms. The van der Waals surface area contributed by atoms with Gasteiger partial charge >= 0.3 is 0 Å². The van der Waals surface area contributed by atoms with Gasteiger partial charge in [-0.15, -0.1) is 0 Å². The van der Waals surface area contributed by atoms with Crippen LogP contribution in [0.1, 0.15) is 28.3 Å². The highest BCUT2D eigenvalue weighted by molar-refractivity contribution is 9.10. The number of rotatable bonds is 3. The van der Waals surface area contributed by atoms with Gasteiger partial charge in [0.1, 0.15) is 0 Å². The van der Waals surface area contributed by atoms with Crippen molar-refractivity contribution in [2.24, 2.45) is 0 Å². The molecule has 0 heterocycles. The molecule has 0 aliphatic rings. The molecular weight excluding hydrogens is 401 g/mol. The lowest BCUT2D eigenvalue weighted by molar-refractivity contribution is 0.686. The zero-order valence-corrected chi connectivity index (χ0v) is 15.5. The van der Waals surface area contributed by atoms with Crippen LogP contribution < -0.4 is 5.32 Å². The molecule has 20 heavy (non-hydrogen) atoms. The second-order valence-corrected chi connectivity index (χ2v) is 6.91. The van der Waals surface area contributed by atoms with Crippen molar-refractivity contribution in [3.63, 3.8) is 0 Å². The maximum Gasteiger partial charge on any atom is 0.0599 e. The first-order chi connectivity index (χ1) is 9.45. The number of hydrogen-bond acceptors (Lipinski definition) is 1. The number of nitrogens with one attached hydrogen (secondary N) is 1. The molecule has 0 aliphatic carbocycles. The standard InChI is InChI=1S/C16H16Br2ClN/c1-9-8-14(18)10(2)7-12(9)16(20-3)11-5-4-6-13(17)15(11)19/h4-8,16,20H,1-3H3. The van der Waals surface area contributed by atoms with E-state index in [4.69, 9.17) is 11.6 Å². The topological polar surface area (TPSA) is 12.0 Å². The van der Waals surface area contributed by atoms with E-state index in [-0.39, 0.29) is 6.04 Å². The van der Waals surface area contributed by atoms with Gasteiger partial charge in [0, 0.05) is 8.95 Å². The van der Waals surface area contributed by atoms with Gasteiger partial charge in [0.2, 0.25) is 0 Å². The fourth-order valence-electron chi connectivity index (χ4n) is 2.34. The lowest BCUT2D eigenvalue weighted by Gasteiger charge is -2.22. The lowest BCUT2D eigenvalue weighted by atomic mass is 9.93. The molecule has 106 valence electrons. The minimum Gasteiger partial charge on any atom is -0.309 e. The van der Waals surface area contributed by atoms with E-state index in [1.54, 1.807) is 0 Å². The maximum atomic E-state index is 6.44. The van der Waals surface area contributed by atoms with Gasteiger partial charge in [-0.2, -0.15) is 0 Å². The van der Waals surface area contributed by atoms with Crippen molar-refractivity contribution in [3.05, 3.63) is 66.6 Å². The first-order valence-electron chi connectivity index (χ1n) is 6.33. The number of halogens is 3. The van der Waals surface area contributed by atoms with E-state index in [1.165, 1.54) is 16.7 Å². The highest BCUT2D eigenvalue weighted by Gasteiger charge is 2.19. The molecule has 0 saturated heterocycles. The molecule has 0 spiro atoms. The van der Waals surface area contributed by atoms with Crippen LogP contribution in [0.4, 0.5) is 0 Å². The van der Waals surface area contributed by atoms with Gasteiger partial charge in [0.05, 0.1) is 11.1 Å². The van der Waals surface area contributed by atoms with Crippen LogP contribution in [0.15, 0.2) is 39.3 Å². The molecule has 4 heteroatoms. The molecule has 1 atom stereocenters. The monoisotopic (exact) mass is 415 g/mol. The Bertz CT molecular complexity index is 641. The summed E-state index contributed by atoms with van der Waals surface area (Å²) in [5, 5.41) is 4.13. The highest BCUT2D eigenvalue weighted by Crippen LogP contribution is 2.35. The second kappa shape index (κ2) is 6.61. The summed E-state index contributed by atoms with van der Waals surface area (Å²) in [6, 6.07) is 10.5. The van der Waals surface area contributed by atoms with Gasteiger partial charge < -0.3 is 5.32 Å². The predicted octanol–water partition coefficient (Wildman–Crippen LogP) is 5.79. The predicted molar refractivity (Wildman–Crippen MR) is 93.7 cm³/mol. The summed E-state index contributed by atoms with van der Waals surface area (Å²) < 4.78 is 2.05. The molecule has 0 aliphatic heterocycles. The fraction of sp³-hybridized carbons (Fsp3) is 0.250. The van der Waals surface area contributed by atoms with Crippen LogP contribution in [0.3, 0.4) is 0 Å². The highest BCUT2D eigenvalue weighted by atomic mass is 79.9. The Morgan fingerprint density at radius 2 is 1.70 bits per heavy atom. The number of benzene rings is 2. The van der Waals surface area contributed by atoms with Crippen LogP contribution in [0.5, 0.6) is 0 Å². The summed E-state index contributed by atoms with van der Waals surface area (Å²) in [5.41, 5.74) is 4.77. The Morgan fingerprint density at radius 3 is 2.35 bits per heavy atom. The Labute approximate surface area is 142 Å². The van der Waals surface area contributed by atoms with Crippen molar-refractivity contribution in [3.8, 4) is 0 Å². The molecule has 0 radical (unpaired) electrons. The molecule has 0 aromatic heterocycles. The van der Waals surface area contributed by atoms with Crippen molar-refractivity contribution in [1.82, 2.24) is 5.32 Å². The smallest absolute Gasteiger partial charge is 0.0599 e. The second-order valence-electron chi connectivity index (χ2n) is 4.82. The van der Waals surface area contributed by atoms with E-state index in [0.717, 1.165) is 19.5 Å². The maximum absolute atomic E-state index is 6.44. The summed E-state index contributed by atoms with van der Waals surface area (Å²) >= 11 is 13.5. The first-order valence-corrected chi connectivity index (χ1v) is 8.30. The Kier molecular flexibility index (Phi) is 5.30. The zero-order chi connectivity index (χ0) is 14.9. The molecule has 0 saturated carbocycles. The van der Waals surface area contributed by atoms with Gasteiger partial charge in [-0.05, 0) is 71.2 Å². The molecule has 2 rings (SSSR count). The third-order valence-corrected chi connectivity index (χ3v) is 5.60. The van der Waals surface area contributed by atoms with Gasteiger partial charge in [0.15, 0.2) is 0 Å². The summed E-state index contributed by atoms with van der Waals surface area (Å²) in [6.45, 7) is 4.22. The Balaban J connectivity index is 2.58. The van der Waals surface area contributed by atoms with E-state index in [1.807, 2.05) is 19.2 Å². The SMILES string of the molecule is CNC(c1cc(C)c(Br)cc1C)c1cccc(Br)c1Cl. The summed E-state index contributed by atoms with van der Waals surface area (Å²) in [5.74, 6) is 0. The quantitative estimate of drug-likeness (QED) is 0.666. The summed E-state index contributed by atoms with van der Waals surface area (Å²) in [6.07, 6.45) is 0. The number of hydrogen-bond donors (Lipinski definition) is 1. The van der Waals surface area contributed by atoms with Crippen LogP contribution in [0.25, 0.3) is 0 Å². The summed E-state index contributed by atoms with van der Waals surface area (Å²) in [7, 11) is 1.96. The van der Waals surface area contributed by atoms with Crippen molar-refractivity contribution >= 4 is 43.5 Å². The summed E-state index contributed by atoms with van der Waals surface area (Å²) in [4.78, 5) is 0. The van der Waals surface area contributed by atoms with Crippen molar-refractivity contribution in [1.29, 1.82) is 0 Å². The average molecular weight is 418 g/mol. The first kappa shape index (κ1) is 16.0. The normalized spacial score (nSPS) is 12.5. The van der Waals surface area contributed by atoms with Crippen LogP contribution in [-0.2, 0) is 0 Å². The van der Waals surface area contributed by atoms with Gasteiger partial charge in [-0.3, -0.25) is 0 Å². The van der Waals surface area contributed by atoms with E-state index in [0.29, 0.717) is 0 Å². The molecule has 1 N–H and O–H groups in total. The average Bonchev–Trinajstić information content (AvgIpc) is 2.41. The minimum absolute atomic E-state index is 0.0757. The van der Waals surface area contributed by atoms with Crippen molar-refractivity contribution in [2.75, 3.05) is 7.05 Å². The third-order valence-electron chi connectivity index (χ3n) is 3.44. The van der Waals surface area contributed by atoms with E-state index in [9.17, 15) is 0 Å². The van der Waals surface area contributed by atoms with Crippen molar-refractivity contribution in [2.45, 2.75) is 19.9 Å². The van der Waals surface area contributed by atoms with Crippen LogP contribution in [0.2, 0.25) is 5.02 Å². The fourth-order valence-corrected chi connectivity index (χ4v) is 3.41. The van der Waals surface area contributed by atoms with Crippen LogP contribution >= 0.6 is 43.5 Å². The minimum atomic E-state index is 0.0757. The van der Waals surface area contributed by atoms with Crippen LogP contribution in [0, 0.1) is 13.8 Å². The van der Waals surface area contributed by atoms with E-state index >= 15 is 0 Å².